The lowest BCUT2D eigenvalue weighted by atomic mass is 9.87. The lowest BCUT2D eigenvalue weighted by Crippen LogP contribution is -2.46. The number of ketones is 1. The molecular formula is C27H44N9O17P3-4. The average Bonchev–Trinajstić information content (AvgIpc) is 3.65. The maximum Gasteiger partial charge on any atom is 0.274 e. The van der Waals surface area contributed by atoms with Crippen molar-refractivity contribution in [2.75, 3.05) is 38.6 Å². The summed E-state index contributed by atoms with van der Waals surface area (Å²) in [7, 11) is -17.6. The van der Waals surface area contributed by atoms with Gasteiger partial charge in [0, 0.05) is 43.8 Å². The van der Waals surface area contributed by atoms with E-state index in [1.165, 1.54) is 13.8 Å². The number of aliphatic hydroxyl groups excluding tert-OH is 2. The summed E-state index contributed by atoms with van der Waals surface area (Å²) in [6.07, 6.45) is -6.22. The maximum atomic E-state index is 12.5. The summed E-state index contributed by atoms with van der Waals surface area (Å²) in [6.45, 7) is 0.319. The van der Waals surface area contributed by atoms with Crippen LogP contribution in [0.15, 0.2) is 12.7 Å². The molecule has 0 spiro atoms. The maximum absolute atomic E-state index is 12.5. The fraction of sp³-hybridized carbons (Fsp3) is 0.704. The molecule has 0 bridgehead atoms. The van der Waals surface area contributed by atoms with Gasteiger partial charge in [0.25, 0.3) is 15.6 Å². The zero-order valence-corrected chi connectivity index (χ0v) is 32.8. The van der Waals surface area contributed by atoms with Gasteiger partial charge >= 0.3 is 0 Å². The van der Waals surface area contributed by atoms with Crippen molar-refractivity contribution < 1.29 is 80.5 Å². The molecule has 3 heterocycles. The first-order valence-electron chi connectivity index (χ1n) is 16.7. The van der Waals surface area contributed by atoms with E-state index in [1.807, 2.05) is 0 Å². The molecule has 10 N–H and O–H groups in total. The number of aliphatic hydroxyl groups is 2. The van der Waals surface area contributed by atoms with Gasteiger partial charge in [-0.1, -0.05) is 13.8 Å². The van der Waals surface area contributed by atoms with Crippen molar-refractivity contribution in [3.63, 3.8) is 0 Å². The third kappa shape index (κ3) is 14.5. The van der Waals surface area contributed by atoms with Gasteiger partial charge < -0.3 is 80.5 Å². The van der Waals surface area contributed by atoms with Gasteiger partial charge in [-0.3, -0.25) is 28.1 Å². The Morgan fingerprint density at radius 2 is 1.71 bits per heavy atom. The average molecular weight is 860 g/mol. The quantitative estimate of drug-likeness (QED) is 0.0488. The number of fused-ring (bicyclic) bond motifs is 1. The summed E-state index contributed by atoms with van der Waals surface area (Å²) in [5.41, 5.74) is 15.3. The molecule has 8 atom stereocenters. The molecule has 56 heavy (non-hydrogen) atoms. The SMILES string of the molecule is CC(C)(COP(=O)([O-])OP(=O)([O-])OCC1OC(n2cnc3c(N)ncnc32)C(O)C1OP(=O)([O-])[O-])C(O)C(=O)NCCC(=O)NCCC(=O)C[C@@H](N)CCCN. The molecule has 2 amide bonds. The van der Waals surface area contributed by atoms with E-state index in [0.717, 1.165) is 17.2 Å². The van der Waals surface area contributed by atoms with Crippen LogP contribution in [0, 0.1) is 5.41 Å². The normalized spacial score (nSPS) is 22.2. The van der Waals surface area contributed by atoms with Crippen molar-refractivity contribution in [3.8, 4) is 0 Å². The van der Waals surface area contributed by atoms with E-state index in [0.29, 0.717) is 19.4 Å². The number of nitrogens with one attached hydrogen (secondary N) is 2. The Kier molecular flexibility index (Phi) is 17.1. The molecule has 7 unspecified atom stereocenters. The summed E-state index contributed by atoms with van der Waals surface area (Å²) in [5, 5.41) is 26.1. The van der Waals surface area contributed by atoms with Crippen molar-refractivity contribution in [2.45, 2.75) is 82.6 Å². The summed E-state index contributed by atoms with van der Waals surface area (Å²) in [5.74, 6) is -1.78. The van der Waals surface area contributed by atoms with E-state index in [2.05, 4.69) is 43.5 Å². The van der Waals surface area contributed by atoms with Gasteiger partial charge in [0.2, 0.25) is 11.8 Å². The molecule has 29 heteroatoms. The molecule has 2 aromatic heterocycles. The lowest BCUT2D eigenvalue weighted by molar-refractivity contribution is -0.347. The Labute approximate surface area is 319 Å². The summed E-state index contributed by atoms with van der Waals surface area (Å²) in [6, 6.07) is -0.330. The van der Waals surface area contributed by atoms with Crippen LogP contribution < -0.4 is 47.4 Å². The molecule has 0 saturated carbocycles. The van der Waals surface area contributed by atoms with E-state index in [4.69, 9.17) is 21.9 Å². The first-order valence-corrected chi connectivity index (χ1v) is 21.1. The van der Waals surface area contributed by atoms with Crippen molar-refractivity contribution in [3.05, 3.63) is 12.7 Å². The minimum atomic E-state index is -5.92. The fourth-order valence-corrected chi connectivity index (χ4v) is 7.87. The van der Waals surface area contributed by atoms with Gasteiger partial charge in [0.1, 0.15) is 42.0 Å². The highest BCUT2D eigenvalue weighted by molar-refractivity contribution is 7.59. The number of nitrogens with zero attached hydrogens (tertiary/aromatic N) is 4. The molecular weight excluding hydrogens is 815 g/mol. The standard InChI is InChI=1S/C27H48N9O17P3/c1-27(2,22(40)25(41)32-9-6-18(38)31-8-5-16(37)10-15(29)4-3-7-28)12-50-56(47,48)53-55(45,46)49-11-17-21(52-54(42,43)44)20(39)26(51-17)36-14-35-19-23(30)33-13-34-24(19)36/h13-15,17,20-22,26,39-40H,3-12,28-29H2,1-2H3,(H,31,38)(H,32,41)(H,45,46)(H,47,48)(H2,30,33,34)(H2,42,43,44)/p-4/t15-,17?,20?,21?,22?,26?/m0/s1. The van der Waals surface area contributed by atoms with Gasteiger partial charge in [0.15, 0.2) is 17.7 Å². The van der Waals surface area contributed by atoms with Crippen LogP contribution in [0.25, 0.3) is 11.2 Å². The van der Waals surface area contributed by atoms with Crippen molar-refractivity contribution >= 4 is 58.0 Å². The molecule has 0 radical (unpaired) electrons. The number of hydrogen-bond acceptors (Lipinski definition) is 23. The number of imidazole rings is 1. The smallest absolute Gasteiger partial charge is 0.274 e. The minimum Gasteiger partial charge on any atom is -0.790 e. The second-order valence-corrected chi connectivity index (χ2v) is 17.2. The third-order valence-corrected chi connectivity index (χ3v) is 11.1. The van der Waals surface area contributed by atoms with E-state index >= 15 is 0 Å². The number of Topliss-reactive ketones (excluding diaryl/α,β-unsaturated/α-hetero) is 1. The highest BCUT2D eigenvalue weighted by atomic mass is 31.3. The first-order chi connectivity index (χ1) is 25.9. The van der Waals surface area contributed by atoms with Crippen LogP contribution in [-0.4, -0.2) is 111 Å². The molecule has 1 aliphatic heterocycles. The molecule has 1 fully saturated rings. The van der Waals surface area contributed by atoms with Gasteiger partial charge in [0.05, 0.1) is 27.4 Å². The third-order valence-electron chi connectivity index (χ3n) is 8.05. The zero-order valence-electron chi connectivity index (χ0n) is 30.1. The Bertz CT molecular complexity index is 1810. The van der Waals surface area contributed by atoms with E-state index in [-0.39, 0.29) is 61.2 Å². The van der Waals surface area contributed by atoms with Gasteiger partial charge in [-0.05, 0) is 19.4 Å². The zero-order chi connectivity index (χ0) is 42.1. The summed E-state index contributed by atoms with van der Waals surface area (Å²) < 4.78 is 60.4. The molecule has 26 nitrogen and oxygen atoms in total. The van der Waals surface area contributed by atoms with Crippen molar-refractivity contribution in [2.24, 2.45) is 16.9 Å². The number of phosphoric ester groups is 3. The molecule has 2 aromatic rings. The van der Waals surface area contributed by atoms with Crippen molar-refractivity contribution in [1.82, 2.24) is 30.2 Å². The number of aromatic nitrogens is 4. The Balaban J connectivity index is 1.49. The number of rotatable bonds is 24. The van der Waals surface area contributed by atoms with Crippen LogP contribution in [0.1, 0.15) is 52.2 Å². The number of carbonyl (C=O) groups excluding carboxylic acids is 3. The largest absolute Gasteiger partial charge is 0.790 e. The molecule has 1 saturated heterocycles. The minimum absolute atomic E-state index is 0.0255. The Morgan fingerprint density at radius 1 is 1.05 bits per heavy atom. The molecule has 0 aliphatic carbocycles. The predicted molar refractivity (Wildman–Crippen MR) is 181 cm³/mol. The fourth-order valence-electron chi connectivity index (χ4n) is 5.13. The number of nitrogen functional groups attached to an aromatic ring is 1. The number of phosphoric acid groups is 3. The van der Waals surface area contributed by atoms with Crippen LogP contribution >= 0.6 is 23.5 Å². The predicted octanol–water partition coefficient (Wildman–Crippen LogP) is -4.71. The van der Waals surface area contributed by atoms with Crippen LogP contribution in [0.4, 0.5) is 5.82 Å². The van der Waals surface area contributed by atoms with E-state index in [1.54, 1.807) is 0 Å². The second-order valence-electron chi connectivity index (χ2n) is 13.2. The monoisotopic (exact) mass is 859 g/mol. The summed E-state index contributed by atoms with van der Waals surface area (Å²) in [4.78, 5) is 96.0. The number of ether oxygens (including phenoxy) is 1. The molecule has 0 aromatic carbocycles. The summed E-state index contributed by atoms with van der Waals surface area (Å²) >= 11 is 0. The second kappa shape index (κ2) is 20.2. The van der Waals surface area contributed by atoms with Crippen LogP contribution in [0.3, 0.4) is 0 Å². The number of anilines is 1. The van der Waals surface area contributed by atoms with E-state index < -0.39 is 84.6 Å². The van der Waals surface area contributed by atoms with Gasteiger partial charge in [-0.15, -0.1) is 0 Å². The van der Waals surface area contributed by atoms with Crippen LogP contribution in [-0.2, 0) is 50.7 Å². The van der Waals surface area contributed by atoms with Crippen LogP contribution in [0.5, 0.6) is 0 Å². The first kappa shape index (κ1) is 47.5. The highest BCUT2D eigenvalue weighted by Gasteiger charge is 2.47. The number of nitrogens with two attached hydrogens (primary N) is 3. The van der Waals surface area contributed by atoms with Crippen LogP contribution in [0.2, 0.25) is 0 Å². The molecule has 1 aliphatic rings. The van der Waals surface area contributed by atoms with E-state index in [9.17, 15) is 57.9 Å². The number of hydrogen-bond donors (Lipinski definition) is 7. The molecule has 318 valence electrons. The van der Waals surface area contributed by atoms with Crippen molar-refractivity contribution in [1.29, 1.82) is 0 Å². The van der Waals surface area contributed by atoms with Gasteiger partial charge in [-0.2, -0.15) is 0 Å². The Hall–Kier alpha value is -2.87. The lowest BCUT2D eigenvalue weighted by Gasteiger charge is -2.36. The molecule has 3 rings (SSSR count). The Morgan fingerprint density at radius 3 is 2.38 bits per heavy atom. The van der Waals surface area contributed by atoms with Gasteiger partial charge in [-0.25, -0.2) is 19.3 Å². The number of amides is 2. The topological polar surface area (TPSA) is 427 Å². The number of carbonyl (C=O) groups is 3. The highest BCUT2D eigenvalue weighted by Crippen LogP contribution is 2.56.